The summed E-state index contributed by atoms with van der Waals surface area (Å²) < 4.78 is 4.10. The van der Waals surface area contributed by atoms with Gasteiger partial charge in [-0.3, -0.25) is 4.79 Å². The lowest BCUT2D eigenvalue weighted by Gasteiger charge is -1.94. The summed E-state index contributed by atoms with van der Waals surface area (Å²) in [5, 5.41) is 24.3. The molecule has 8 nitrogen and oxygen atoms in total. The van der Waals surface area contributed by atoms with Gasteiger partial charge in [0.25, 0.3) is 0 Å². The molecule has 0 bridgehead atoms. The molecule has 106 valence electrons. The van der Waals surface area contributed by atoms with E-state index in [-0.39, 0.29) is 18.4 Å². The van der Waals surface area contributed by atoms with Gasteiger partial charge in [-0.05, 0) is 6.42 Å². The SMILES string of the molecule is C=C(CCC(=O)O)C(=O)O.C=CC(=O)OCC(=O)O. The molecule has 0 radical (unpaired) electrons. The van der Waals surface area contributed by atoms with Gasteiger partial charge in [0, 0.05) is 18.1 Å². The van der Waals surface area contributed by atoms with Gasteiger partial charge in [-0.15, -0.1) is 0 Å². The van der Waals surface area contributed by atoms with Crippen molar-refractivity contribution in [2.24, 2.45) is 0 Å². The van der Waals surface area contributed by atoms with Crippen molar-refractivity contribution in [1.29, 1.82) is 0 Å². The molecule has 0 saturated heterocycles. The number of hydrogen-bond acceptors (Lipinski definition) is 5. The molecule has 3 N–H and O–H groups in total. The Hall–Kier alpha value is -2.64. The number of carbonyl (C=O) groups excluding carboxylic acids is 1. The van der Waals surface area contributed by atoms with Crippen molar-refractivity contribution >= 4 is 23.9 Å². The quantitative estimate of drug-likeness (QED) is 0.444. The maximum atomic E-state index is 10.1. The molecule has 0 aliphatic carbocycles. The van der Waals surface area contributed by atoms with E-state index in [1.54, 1.807) is 0 Å². The highest BCUT2D eigenvalue weighted by Gasteiger charge is 2.05. The molecule has 0 aromatic rings. The predicted molar refractivity (Wildman–Crippen MR) is 62.4 cm³/mol. The lowest BCUT2D eigenvalue weighted by molar-refractivity contribution is -0.151. The third-order valence-electron chi connectivity index (χ3n) is 1.45. The average molecular weight is 274 g/mol. The van der Waals surface area contributed by atoms with Crippen LogP contribution in [0.1, 0.15) is 12.8 Å². The molecule has 0 aliphatic rings. The van der Waals surface area contributed by atoms with Crippen molar-refractivity contribution in [3.63, 3.8) is 0 Å². The van der Waals surface area contributed by atoms with Crippen molar-refractivity contribution in [2.75, 3.05) is 6.61 Å². The second kappa shape index (κ2) is 10.5. The zero-order valence-corrected chi connectivity index (χ0v) is 10.00. The Labute approximate surface area is 108 Å². The molecule has 0 saturated carbocycles. The van der Waals surface area contributed by atoms with Crippen LogP contribution in [-0.4, -0.2) is 45.8 Å². The van der Waals surface area contributed by atoms with Crippen LogP contribution < -0.4 is 0 Å². The molecule has 0 aromatic heterocycles. The van der Waals surface area contributed by atoms with Gasteiger partial charge in [-0.25, -0.2) is 14.4 Å². The number of carbonyl (C=O) groups is 4. The van der Waals surface area contributed by atoms with Crippen LogP contribution in [-0.2, 0) is 23.9 Å². The number of esters is 1. The number of hydrogen-bond donors (Lipinski definition) is 3. The minimum absolute atomic E-state index is 0.00463. The lowest BCUT2D eigenvalue weighted by atomic mass is 10.2. The zero-order valence-electron chi connectivity index (χ0n) is 10.00. The van der Waals surface area contributed by atoms with E-state index >= 15 is 0 Å². The van der Waals surface area contributed by atoms with E-state index in [0.29, 0.717) is 0 Å². The number of aliphatic carboxylic acids is 3. The Morgan fingerprint density at radius 2 is 1.53 bits per heavy atom. The van der Waals surface area contributed by atoms with E-state index in [0.717, 1.165) is 6.08 Å². The van der Waals surface area contributed by atoms with E-state index in [4.69, 9.17) is 15.3 Å². The fourth-order valence-electron chi connectivity index (χ4n) is 0.557. The van der Waals surface area contributed by atoms with E-state index < -0.39 is 30.5 Å². The third kappa shape index (κ3) is 15.4. The number of carboxylic acids is 3. The van der Waals surface area contributed by atoms with Crippen molar-refractivity contribution < 1.29 is 39.2 Å². The number of carboxylic acid groups (broad SMARTS) is 3. The van der Waals surface area contributed by atoms with Crippen LogP contribution in [0, 0.1) is 0 Å². The van der Waals surface area contributed by atoms with Gasteiger partial charge in [-0.1, -0.05) is 13.2 Å². The summed E-state index contributed by atoms with van der Waals surface area (Å²) in [4.78, 5) is 39.7. The molecule has 0 atom stereocenters. The first-order chi connectivity index (χ1) is 8.70. The smallest absolute Gasteiger partial charge is 0.341 e. The molecule has 0 rings (SSSR count). The van der Waals surface area contributed by atoms with E-state index in [1.807, 2.05) is 0 Å². The first-order valence-corrected chi connectivity index (χ1v) is 4.84. The molecule has 0 amide bonds. The minimum atomic E-state index is -1.18. The molecule has 0 aliphatic heterocycles. The highest BCUT2D eigenvalue weighted by Crippen LogP contribution is 2.01. The molecular formula is C11H14O8. The van der Waals surface area contributed by atoms with Gasteiger partial charge in [-0.2, -0.15) is 0 Å². The average Bonchev–Trinajstić information content (AvgIpc) is 2.33. The summed E-state index contributed by atoms with van der Waals surface area (Å²) in [5.74, 6) is -4.05. The van der Waals surface area contributed by atoms with Crippen LogP contribution in [0.5, 0.6) is 0 Å². The molecule has 8 heteroatoms. The second-order valence-electron chi connectivity index (χ2n) is 3.01. The molecule has 0 fully saturated rings. The van der Waals surface area contributed by atoms with Gasteiger partial charge in [0.15, 0.2) is 6.61 Å². The van der Waals surface area contributed by atoms with Gasteiger partial charge < -0.3 is 20.1 Å². The van der Waals surface area contributed by atoms with Crippen LogP contribution in [0.25, 0.3) is 0 Å². The first kappa shape index (κ1) is 18.7. The van der Waals surface area contributed by atoms with Crippen LogP contribution >= 0.6 is 0 Å². The zero-order chi connectivity index (χ0) is 15.4. The van der Waals surface area contributed by atoms with Crippen molar-refractivity contribution in [3.8, 4) is 0 Å². The summed E-state index contributed by atoms with van der Waals surface area (Å²) in [6.07, 6.45) is 0.735. The summed E-state index contributed by atoms with van der Waals surface area (Å²) in [5.41, 5.74) is -0.0672. The van der Waals surface area contributed by atoms with Gasteiger partial charge >= 0.3 is 23.9 Å². The Morgan fingerprint density at radius 1 is 1.00 bits per heavy atom. The van der Waals surface area contributed by atoms with Crippen LogP contribution in [0.4, 0.5) is 0 Å². The van der Waals surface area contributed by atoms with E-state index in [9.17, 15) is 19.2 Å². The Balaban J connectivity index is 0. The van der Waals surface area contributed by atoms with Crippen LogP contribution in [0.3, 0.4) is 0 Å². The molecule has 0 aromatic carbocycles. The Kier molecular flexibility index (Phi) is 10.4. The van der Waals surface area contributed by atoms with E-state index in [1.165, 1.54) is 0 Å². The summed E-state index contributed by atoms with van der Waals surface area (Å²) in [7, 11) is 0. The fraction of sp³-hybridized carbons (Fsp3) is 0.273. The van der Waals surface area contributed by atoms with E-state index in [2.05, 4.69) is 17.9 Å². The molecule has 0 heterocycles. The normalized spacial score (nSPS) is 8.42. The molecule has 19 heavy (non-hydrogen) atoms. The maximum Gasteiger partial charge on any atom is 0.341 e. The summed E-state index contributed by atoms with van der Waals surface area (Å²) in [6, 6.07) is 0. The Morgan fingerprint density at radius 3 is 1.84 bits per heavy atom. The molecular weight excluding hydrogens is 260 g/mol. The fourth-order valence-corrected chi connectivity index (χ4v) is 0.557. The van der Waals surface area contributed by atoms with Gasteiger partial charge in [0.05, 0.1) is 0 Å². The van der Waals surface area contributed by atoms with Crippen molar-refractivity contribution in [3.05, 3.63) is 24.8 Å². The molecule has 0 spiro atoms. The first-order valence-electron chi connectivity index (χ1n) is 4.84. The standard InChI is InChI=1S/C6H8O4.C5H6O4/c1-4(6(9)10)2-3-5(7)8;1-2-5(8)9-3-4(6)7/h1-3H2,(H,7,8)(H,9,10);2H,1,3H2,(H,6,7). The van der Waals surface area contributed by atoms with Crippen molar-refractivity contribution in [1.82, 2.24) is 0 Å². The van der Waals surface area contributed by atoms with Crippen LogP contribution in [0.2, 0.25) is 0 Å². The van der Waals surface area contributed by atoms with Crippen LogP contribution in [0.15, 0.2) is 24.8 Å². The van der Waals surface area contributed by atoms with Gasteiger partial charge in [0.1, 0.15) is 0 Å². The second-order valence-corrected chi connectivity index (χ2v) is 3.01. The minimum Gasteiger partial charge on any atom is -0.481 e. The maximum absolute atomic E-state index is 10.1. The highest BCUT2D eigenvalue weighted by atomic mass is 16.5. The Bertz CT molecular complexity index is 382. The monoisotopic (exact) mass is 274 g/mol. The third-order valence-corrected chi connectivity index (χ3v) is 1.45. The topological polar surface area (TPSA) is 138 Å². The van der Waals surface area contributed by atoms with Gasteiger partial charge in [0.2, 0.25) is 0 Å². The molecule has 0 unspecified atom stereocenters. The number of ether oxygens (including phenoxy) is 1. The van der Waals surface area contributed by atoms with Crippen molar-refractivity contribution in [2.45, 2.75) is 12.8 Å². The largest absolute Gasteiger partial charge is 0.481 e. The summed E-state index contributed by atoms with van der Waals surface area (Å²) >= 11 is 0. The lowest BCUT2D eigenvalue weighted by Crippen LogP contribution is -2.10. The summed E-state index contributed by atoms with van der Waals surface area (Å²) in [6.45, 7) is 5.63. The number of rotatable bonds is 7. The predicted octanol–water partition coefficient (Wildman–Crippen LogP) is 0.292. The highest BCUT2D eigenvalue weighted by molar-refractivity contribution is 5.86.